The van der Waals surface area contributed by atoms with Gasteiger partial charge in [0.25, 0.3) is 0 Å². The summed E-state index contributed by atoms with van der Waals surface area (Å²) in [5.74, 6) is 0. The molecule has 0 bridgehead atoms. The lowest BCUT2D eigenvalue weighted by Gasteiger charge is -2.05. The summed E-state index contributed by atoms with van der Waals surface area (Å²) in [6.45, 7) is 0.841. The van der Waals surface area contributed by atoms with Gasteiger partial charge in [0.2, 0.25) is 0 Å². The number of thiophene rings is 1. The Morgan fingerprint density at radius 3 is 2.35 bits per heavy atom. The molecule has 0 spiro atoms. The summed E-state index contributed by atoms with van der Waals surface area (Å²) in [6, 6.07) is 7.51. The summed E-state index contributed by atoms with van der Waals surface area (Å²) in [5, 5.41) is 4.83. The molecule has 0 fully saturated rings. The van der Waals surface area contributed by atoms with Gasteiger partial charge in [-0.2, -0.15) is 0 Å². The Balaban J connectivity index is 2.45. The quantitative estimate of drug-likeness (QED) is 0.832. The van der Waals surface area contributed by atoms with Gasteiger partial charge in [-0.15, -0.1) is 11.3 Å². The minimum Gasteiger partial charge on any atom is -0.315 e. The van der Waals surface area contributed by atoms with Gasteiger partial charge in [-0.25, -0.2) is 0 Å². The number of rotatable bonds is 3. The molecule has 1 heterocycles. The maximum Gasteiger partial charge on any atom is 0.0522 e. The van der Waals surface area contributed by atoms with Crippen LogP contribution in [0.5, 0.6) is 0 Å². The molecular formula is C12H10Cl3NS. The molecule has 0 atom stereocenters. The number of benzene rings is 1. The molecule has 0 aliphatic rings. The smallest absolute Gasteiger partial charge is 0.0522 e. The summed E-state index contributed by atoms with van der Waals surface area (Å²) in [5.41, 5.74) is 0.852. The van der Waals surface area contributed by atoms with Crippen molar-refractivity contribution in [2.45, 2.75) is 6.54 Å². The lowest BCUT2D eigenvalue weighted by molar-refractivity contribution is 0.831. The largest absolute Gasteiger partial charge is 0.315 e. The van der Waals surface area contributed by atoms with Crippen LogP contribution < -0.4 is 5.32 Å². The second kappa shape index (κ2) is 5.59. The van der Waals surface area contributed by atoms with E-state index in [2.05, 4.69) is 11.4 Å². The van der Waals surface area contributed by atoms with Gasteiger partial charge in [0.05, 0.1) is 10.0 Å². The topological polar surface area (TPSA) is 12.0 Å². The van der Waals surface area contributed by atoms with E-state index in [-0.39, 0.29) is 0 Å². The summed E-state index contributed by atoms with van der Waals surface area (Å²) >= 11 is 19.9. The van der Waals surface area contributed by atoms with Crippen molar-refractivity contribution in [3.63, 3.8) is 0 Å². The van der Waals surface area contributed by atoms with E-state index >= 15 is 0 Å². The molecule has 0 saturated carbocycles. The maximum atomic E-state index is 6.18. The summed E-state index contributed by atoms with van der Waals surface area (Å²) in [4.78, 5) is 2.30. The van der Waals surface area contributed by atoms with Crippen LogP contribution in [0, 0.1) is 0 Å². The number of nitrogens with one attached hydrogen (secondary N) is 1. The minimum atomic E-state index is 0.552. The Kier molecular flexibility index (Phi) is 4.34. The minimum absolute atomic E-state index is 0.552. The number of halogens is 3. The molecule has 2 rings (SSSR count). The monoisotopic (exact) mass is 305 g/mol. The molecule has 0 aliphatic heterocycles. The molecule has 0 radical (unpaired) electrons. The first-order valence-electron chi connectivity index (χ1n) is 5.00. The Morgan fingerprint density at radius 2 is 1.76 bits per heavy atom. The predicted octanol–water partition coefficient (Wildman–Crippen LogP) is 5.09. The first kappa shape index (κ1) is 13.2. The Labute approximate surface area is 119 Å². The van der Waals surface area contributed by atoms with Crippen LogP contribution in [-0.4, -0.2) is 7.05 Å². The molecular weight excluding hydrogens is 297 g/mol. The lowest BCUT2D eigenvalue weighted by Crippen LogP contribution is -2.02. The van der Waals surface area contributed by atoms with Gasteiger partial charge in [0.15, 0.2) is 0 Å². The van der Waals surface area contributed by atoms with Gasteiger partial charge in [0, 0.05) is 26.9 Å². The van der Waals surface area contributed by atoms with Gasteiger partial charge in [-0.05, 0) is 31.3 Å². The standard InChI is InChI=1S/C12H10Cl3NS/c1-16-6-8-2-3-11(17-8)12-9(14)4-7(13)5-10(12)15/h2-5,16H,6H2,1H3. The third-order valence-corrected chi connectivity index (χ3v) is 4.18. The van der Waals surface area contributed by atoms with E-state index in [4.69, 9.17) is 34.8 Å². The predicted molar refractivity (Wildman–Crippen MR) is 77.5 cm³/mol. The molecule has 17 heavy (non-hydrogen) atoms. The average molecular weight is 307 g/mol. The molecule has 0 saturated heterocycles. The molecule has 1 aromatic heterocycles. The highest BCUT2D eigenvalue weighted by atomic mass is 35.5. The normalized spacial score (nSPS) is 10.8. The van der Waals surface area contributed by atoms with Gasteiger partial charge >= 0.3 is 0 Å². The molecule has 5 heteroatoms. The molecule has 1 N–H and O–H groups in total. The van der Waals surface area contributed by atoms with Crippen LogP contribution in [0.25, 0.3) is 10.4 Å². The first-order chi connectivity index (χ1) is 8.11. The molecule has 0 amide bonds. The van der Waals surface area contributed by atoms with Crippen molar-refractivity contribution < 1.29 is 0 Å². The van der Waals surface area contributed by atoms with Crippen molar-refractivity contribution in [3.8, 4) is 10.4 Å². The van der Waals surface area contributed by atoms with E-state index in [9.17, 15) is 0 Å². The van der Waals surface area contributed by atoms with Crippen LogP contribution in [0.2, 0.25) is 15.1 Å². The third kappa shape index (κ3) is 2.95. The fourth-order valence-corrected chi connectivity index (χ4v) is 3.78. The van der Waals surface area contributed by atoms with E-state index in [1.54, 1.807) is 23.5 Å². The van der Waals surface area contributed by atoms with Crippen molar-refractivity contribution in [2.75, 3.05) is 7.05 Å². The van der Waals surface area contributed by atoms with Crippen molar-refractivity contribution in [3.05, 3.63) is 44.2 Å². The zero-order valence-electron chi connectivity index (χ0n) is 9.06. The first-order valence-corrected chi connectivity index (χ1v) is 6.95. The zero-order chi connectivity index (χ0) is 12.4. The Morgan fingerprint density at radius 1 is 1.12 bits per heavy atom. The van der Waals surface area contributed by atoms with E-state index < -0.39 is 0 Å². The highest BCUT2D eigenvalue weighted by molar-refractivity contribution is 7.15. The van der Waals surface area contributed by atoms with Gasteiger partial charge in [-0.1, -0.05) is 34.8 Å². The van der Waals surface area contributed by atoms with Gasteiger partial charge in [-0.3, -0.25) is 0 Å². The van der Waals surface area contributed by atoms with Crippen molar-refractivity contribution >= 4 is 46.1 Å². The Bertz CT molecular complexity index is 513. The van der Waals surface area contributed by atoms with Gasteiger partial charge in [0.1, 0.15) is 0 Å². The maximum absolute atomic E-state index is 6.18. The van der Waals surface area contributed by atoms with Crippen molar-refractivity contribution in [1.82, 2.24) is 5.32 Å². The molecule has 1 aromatic carbocycles. The van der Waals surface area contributed by atoms with Crippen LogP contribution >= 0.6 is 46.1 Å². The molecule has 0 unspecified atom stereocenters. The number of hydrogen-bond donors (Lipinski definition) is 1. The SMILES string of the molecule is CNCc1ccc(-c2c(Cl)cc(Cl)cc2Cl)s1. The highest BCUT2D eigenvalue weighted by Crippen LogP contribution is 2.40. The van der Waals surface area contributed by atoms with Gasteiger partial charge < -0.3 is 5.32 Å². The van der Waals surface area contributed by atoms with Crippen molar-refractivity contribution in [1.29, 1.82) is 0 Å². The highest BCUT2D eigenvalue weighted by Gasteiger charge is 2.12. The van der Waals surface area contributed by atoms with Crippen LogP contribution in [0.15, 0.2) is 24.3 Å². The number of hydrogen-bond acceptors (Lipinski definition) is 2. The van der Waals surface area contributed by atoms with Crippen LogP contribution in [0.3, 0.4) is 0 Å². The average Bonchev–Trinajstić information content (AvgIpc) is 2.65. The van der Waals surface area contributed by atoms with E-state index in [0.717, 1.165) is 17.0 Å². The molecule has 90 valence electrons. The van der Waals surface area contributed by atoms with E-state index in [1.165, 1.54) is 4.88 Å². The second-order valence-electron chi connectivity index (χ2n) is 3.54. The summed E-state index contributed by atoms with van der Waals surface area (Å²) < 4.78 is 0. The Hall–Kier alpha value is -0.250. The molecule has 0 aliphatic carbocycles. The van der Waals surface area contributed by atoms with Crippen LogP contribution in [0.1, 0.15) is 4.88 Å². The van der Waals surface area contributed by atoms with Crippen LogP contribution in [0.4, 0.5) is 0 Å². The van der Waals surface area contributed by atoms with Crippen LogP contribution in [-0.2, 0) is 6.54 Å². The van der Waals surface area contributed by atoms with Crippen molar-refractivity contribution in [2.24, 2.45) is 0 Å². The lowest BCUT2D eigenvalue weighted by atomic mass is 10.2. The van der Waals surface area contributed by atoms with E-state index in [0.29, 0.717) is 15.1 Å². The second-order valence-corrected chi connectivity index (χ2v) is 5.96. The third-order valence-electron chi connectivity index (χ3n) is 2.27. The molecule has 2 aromatic rings. The zero-order valence-corrected chi connectivity index (χ0v) is 12.1. The van der Waals surface area contributed by atoms with E-state index in [1.807, 2.05) is 13.1 Å². The fourth-order valence-electron chi connectivity index (χ4n) is 1.56. The molecule has 1 nitrogen and oxygen atoms in total. The summed E-state index contributed by atoms with van der Waals surface area (Å²) in [6.07, 6.45) is 0. The summed E-state index contributed by atoms with van der Waals surface area (Å²) in [7, 11) is 1.92. The fraction of sp³-hybridized carbons (Fsp3) is 0.167.